The third-order valence-electron chi connectivity index (χ3n) is 5.16. The van der Waals surface area contributed by atoms with Crippen molar-refractivity contribution in [3.05, 3.63) is 58.1 Å². The third-order valence-corrected chi connectivity index (χ3v) is 5.53. The van der Waals surface area contributed by atoms with Gasteiger partial charge in [0.2, 0.25) is 5.91 Å². The molecule has 0 aliphatic heterocycles. The van der Waals surface area contributed by atoms with Crippen LogP contribution in [0.4, 0.5) is 4.39 Å². The minimum Gasteiger partial charge on any atom is -0.353 e. The second kappa shape index (κ2) is 9.38. The molecule has 156 valence electrons. The standard InChI is InChI=1S/C22H21BrFN3O3/c1-12-6-15(22-26-10-16(24)11-27-22)7-13(2)19(12)20-17(28)8-14(21(20)30)9-18(29)25-5-3-4-23/h3-4,6-7,10-11,14,20H,5,8-9H2,1-2H3,(H,25,29)/b4-3-. The number of aryl methyl sites for hydroxylation is 2. The van der Waals surface area contributed by atoms with Gasteiger partial charge in [-0.25, -0.2) is 14.4 Å². The fourth-order valence-corrected chi connectivity index (χ4v) is 4.05. The lowest BCUT2D eigenvalue weighted by atomic mass is 9.86. The molecule has 1 saturated carbocycles. The summed E-state index contributed by atoms with van der Waals surface area (Å²) >= 11 is 3.12. The van der Waals surface area contributed by atoms with Gasteiger partial charge in [0.25, 0.3) is 0 Å². The van der Waals surface area contributed by atoms with E-state index in [0.717, 1.165) is 23.5 Å². The van der Waals surface area contributed by atoms with E-state index in [1.807, 2.05) is 13.8 Å². The van der Waals surface area contributed by atoms with Crippen molar-refractivity contribution >= 4 is 33.4 Å². The molecule has 0 radical (unpaired) electrons. The Kier molecular flexibility index (Phi) is 6.87. The number of benzene rings is 1. The number of amides is 1. The summed E-state index contributed by atoms with van der Waals surface area (Å²) < 4.78 is 13.1. The molecule has 0 bridgehead atoms. The number of hydrogen-bond acceptors (Lipinski definition) is 5. The lowest BCUT2D eigenvalue weighted by molar-refractivity contribution is -0.128. The zero-order chi connectivity index (χ0) is 21.8. The van der Waals surface area contributed by atoms with E-state index in [1.165, 1.54) is 0 Å². The van der Waals surface area contributed by atoms with E-state index in [2.05, 4.69) is 31.2 Å². The molecule has 1 heterocycles. The minimum absolute atomic E-state index is 0.00318. The van der Waals surface area contributed by atoms with Gasteiger partial charge in [0.15, 0.2) is 17.4 Å². The van der Waals surface area contributed by atoms with E-state index in [4.69, 9.17) is 0 Å². The summed E-state index contributed by atoms with van der Waals surface area (Å²) in [5, 5.41) is 2.69. The van der Waals surface area contributed by atoms with Crippen molar-refractivity contribution < 1.29 is 18.8 Å². The second-order valence-corrected chi connectivity index (χ2v) is 7.85. The number of carbonyl (C=O) groups excluding carboxylic acids is 3. The zero-order valence-corrected chi connectivity index (χ0v) is 18.2. The maximum absolute atomic E-state index is 13.1. The van der Waals surface area contributed by atoms with Gasteiger partial charge in [-0.1, -0.05) is 22.0 Å². The highest BCUT2D eigenvalue weighted by atomic mass is 79.9. The molecule has 1 N–H and O–H groups in total. The Morgan fingerprint density at radius 1 is 1.23 bits per heavy atom. The first-order chi connectivity index (χ1) is 14.3. The maximum Gasteiger partial charge on any atom is 0.220 e. The molecule has 1 aliphatic rings. The number of rotatable bonds is 6. The summed E-state index contributed by atoms with van der Waals surface area (Å²) in [7, 11) is 0. The van der Waals surface area contributed by atoms with Gasteiger partial charge in [0.05, 0.1) is 12.4 Å². The van der Waals surface area contributed by atoms with Gasteiger partial charge in [-0.2, -0.15) is 0 Å². The van der Waals surface area contributed by atoms with Crippen LogP contribution in [-0.2, 0) is 14.4 Å². The van der Waals surface area contributed by atoms with E-state index in [1.54, 1.807) is 23.2 Å². The number of aromatic nitrogens is 2. The van der Waals surface area contributed by atoms with E-state index in [0.29, 0.717) is 23.5 Å². The number of carbonyl (C=O) groups is 3. The molecule has 1 aromatic heterocycles. The van der Waals surface area contributed by atoms with Gasteiger partial charge >= 0.3 is 0 Å². The summed E-state index contributed by atoms with van der Waals surface area (Å²) in [5.74, 6) is -2.29. The molecule has 2 aromatic rings. The molecular weight excluding hydrogens is 453 g/mol. The monoisotopic (exact) mass is 473 g/mol. The molecule has 0 saturated heterocycles. The first-order valence-electron chi connectivity index (χ1n) is 9.49. The number of ketones is 2. The summed E-state index contributed by atoms with van der Waals surface area (Å²) in [6.07, 6.45) is 3.97. The van der Waals surface area contributed by atoms with Crippen LogP contribution < -0.4 is 5.32 Å². The minimum atomic E-state index is -0.867. The molecule has 8 heteroatoms. The Morgan fingerprint density at radius 3 is 2.47 bits per heavy atom. The Labute approximate surface area is 182 Å². The van der Waals surface area contributed by atoms with E-state index in [9.17, 15) is 18.8 Å². The molecule has 6 nitrogen and oxygen atoms in total. The average Bonchev–Trinajstić information content (AvgIpc) is 2.96. The van der Waals surface area contributed by atoms with E-state index >= 15 is 0 Å². The first-order valence-corrected chi connectivity index (χ1v) is 10.4. The van der Waals surface area contributed by atoms with Crippen molar-refractivity contribution in [1.82, 2.24) is 15.3 Å². The van der Waals surface area contributed by atoms with E-state index in [-0.39, 0.29) is 30.3 Å². The van der Waals surface area contributed by atoms with Gasteiger partial charge in [0, 0.05) is 30.9 Å². The van der Waals surface area contributed by atoms with Crippen LogP contribution in [0.15, 0.2) is 35.6 Å². The van der Waals surface area contributed by atoms with Gasteiger partial charge in [-0.15, -0.1) is 0 Å². The highest BCUT2D eigenvalue weighted by molar-refractivity contribution is 9.11. The highest BCUT2D eigenvalue weighted by Gasteiger charge is 2.43. The Balaban J connectivity index is 1.83. The third kappa shape index (κ3) is 4.70. The van der Waals surface area contributed by atoms with Crippen molar-refractivity contribution in [2.45, 2.75) is 32.6 Å². The summed E-state index contributed by atoms with van der Waals surface area (Å²) in [6, 6.07) is 3.59. The van der Waals surface area contributed by atoms with Crippen LogP contribution >= 0.6 is 15.9 Å². The van der Waals surface area contributed by atoms with Crippen molar-refractivity contribution in [2.24, 2.45) is 5.92 Å². The molecule has 30 heavy (non-hydrogen) atoms. The zero-order valence-electron chi connectivity index (χ0n) is 16.6. The van der Waals surface area contributed by atoms with Crippen LogP contribution in [0.5, 0.6) is 0 Å². The fraction of sp³-hybridized carbons (Fsp3) is 0.318. The smallest absolute Gasteiger partial charge is 0.220 e. The van der Waals surface area contributed by atoms with E-state index < -0.39 is 17.7 Å². The Hall–Kier alpha value is -2.74. The summed E-state index contributed by atoms with van der Waals surface area (Å²) in [4.78, 5) is 47.4. The number of nitrogens with zero attached hydrogens (tertiary/aromatic N) is 2. The van der Waals surface area contributed by atoms with Crippen molar-refractivity contribution in [3.8, 4) is 11.4 Å². The molecule has 2 atom stereocenters. The average molecular weight is 474 g/mol. The molecule has 1 fully saturated rings. The van der Waals surface area contributed by atoms with Crippen molar-refractivity contribution in [1.29, 1.82) is 0 Å². The molecule has 1 amide bonds. The molecular formula is C22H21BrFN3O3. The molecule has 3 rings (SSSR count). The Morgan fingerprint density at radius 2 is 1.87 bits per heavy atom. The Bertz CT molecular complexity index is 998. The number of hydrogen-bond donors (Lipinski definition) is 1. The lowest BCUT2D eigenvalue weighted by Crippen LogP contribution is -2.27. The topological polar surface area (TPSA) is 89.0 Å². The SMILES string of the molecule is Cc1cc(-c2ncc(F)cn2)cc(C)c1C1C(=O)CC(CC(=O)NC/C=C\Br)C1=O. The van der Waals surface area contributed by atoms with Crippen LogP contribution in [0.2, 0.25) is 0 Å². The first kappa shape index (κ1) is 22.0. The maximum atomic E-state index is 13.1. The van der Waals surface area contributed by atoms with Gasteiger partial charge in [-0.05, 0) is 47.7 Å². The number of nitrogens with one attached hydrogen (secondary N) is 1. The highest BCUT2D eigenvalue weighted by Crippen LogP contribution is 2.38. The summed E-state index contributed by atoms with van der Waals surface area (Å²) in [5.41, 5.74) is 2.87. The molecule has 1 aromatic carbocycles. The molecule has 1 aliphatic carbocycles. The van der Waals surface area contributed by atoms with Gasteiger partial charge in [-0.3, -0.25) is 14.4 Å². The van der Waals surface area contributed by atoms with Crippen LogP contribution in [0.25, 0.3) is 11.4 Å². The van der Waals surface area contributed by atoms with Crippen LogP contribution in [0.1, 0.15) is 35.4 Å². The fourth-order valence-electron chi connectivity index (χ4n) is 3.87. The second-order valence-electron chi connectivity index (χ2n) is 7.32. The van der Waals surface area contributed by atoms with Gasteiger partial charge < -0.3 is 5.32 Å². The quantitative estimate of drug-likeness (QED) is 0.647. The number of halogens is 2. The summed E-state index contributed by atoms with van der Waals surface area (Å²) in [6.45, 7) is 4.00. The lowest BCUT2D eigenvalue weighted by Gasteiger charge is -2.17. The molecule has 2 unspecified atom stereocenters. The predicted molar refractivity (Wildman–Crippen MR) is 113 cm³/mol. The van der Waals surface area contributed by atoms with Crippen LogP contribution in [0, 0.1) is 25.6 Å². The predicted octanol–water partition coefficient (Wildman–Crippen LogP) is 3.56. The van der Waals surface area contributed by atoms with Crippen molar-refractivity contribution in [2.75, 3.05) is 6.54 Å². The van der Waals surface area contributed by atoms with Crippen LogP contribution in [-0.4, -0.2) is 34.0 Å². The van der Waals surface area contributed by atoms with Gasteiger partial charge in [0.1, 0.15) is 11.7 Å². The largest absolute Gasteiger partial charge is 0.353 e. The number of Topliss-reactive ketones (excluding diaryl/α,β-unsaturated/α-hetero) is 2. The van der Waals surface area contributed by atoms with Crippen LogP contribution in [0.3, 0.4) is 0 Å². The van der Waals surface area contributed by atoms with Crippen molar-refractivity contribution in [3.63, 3.8) is 0 Å². The molecule has 0 spiro atoms. The normalized spacial score (nSPS) is 18.9.